The smallest absolute Gasteiger partial charge is 0.252 e. The third kappa shape index (κ3) is 4.05. The van der Waals surface area contributed by atoms with Crippen LogP contribution >= 0.6 is 11.3 Å². The van der Waals surface area contributed by atoms with Crippen molar-refractivity contribution >= 4 is 27.3 Å². The molecule has 1 aliphatic rings. The van der Waals surface area contributed by atoms with Gasteiger partial charge in [-0.2, -0.15) is 4.31 Å². The Morgan fingerprint density at radius 3 is 3.00 bits per heavy atom. The monoisotopic (exact) mass is 330 g/mol. The number of sulfonamides is 1. The molecule has 0 aliphatic carbocycles. The molecule has 1 aromatic heterocycles. The predicted octanol–water partition coefficient (Wildman–Crippen LogP) is 2.07. The molecule has 0 unspecified atom stereocenters. The molecule has 0 bridgehead atoms. The van der Waals surface area contributed by atoms with Crippen LogP contribution in [-0.2, 0) is 14.8 Å². The fourth-order valence-corrected chi connectivity index (χ4v) is 5.11. The Hall–Kier alpha value is -0.920. The summed E-state index contributed by atoms with van der Waals surface area (Å²) in [5.41, 5.74) is 0. The lowest BCUT2D eigenvalue weighted by Crippen LogP contribution is -2.45. The number of unbranched alkanes of at least 4 members (excludes halogenated alkanes) is 1. The maximum atomic E-state index is 12.5. The molecule has 1 amide bonds. The van der Waals surface area contributed by atoms with Crippen LogP contribution in [0.4, 0.5) is 0 Å². The summed E-state index contributed by atoms with van der Waals surface area (Å²) in [4.78, 5) is 12.1. The molecule has 7 heteroatoms. The average molecular weight is 330 g/mol. The summed E-state index contributed by atoms with van der Waals surface area (Å²) in [5.74, 6) is -0.250. The number of nitrogens with one attached hydrogen (secondary N) is 1. The van der Waals surface area contributed by atoms with Crippen LogP contribution in [0.1, 0.15) is 32.6 Å². The van der Waals surface area contributed by atoms with Crippen molar-refractivity contribution in [2.24, 2.45) is 5.92 Å². The van der Waals surface area contributed by atoms with Crippen LogP contribution in [0, 0.1) is 5.92 Å². The van der Waals surface area contributed by atoms with Gasteiger partial charge in [-0.1, -0.05) is 19.4 Å². The first kappa shape index (κ1) is 16.5. The molecule has 1 atom stereocenters. The van der Waals surface area contributed by atoms with Crippen molar-refractivity contribution in [2.75, 3.05) is 19.6 Å². The van der Waals surface area contributed by atoms with Crippen LogP contribution in [0.15, 0.2) is 21.7 Å². The molecule has 1 N–H and O–H groups in total. The van der Waals surface area contributed by atoms with Crippen molar-refractivity contribution < 1.29 is 13.2 Å². The van der Waals surface area contributed by atoms with Gasteiger partial charge in [0, 0.05) is 19.6 Å². The van der Waals surface area contributed by atoms with E-state index in [1.54, 1.807) is 17.5 Å². The third-order valence-corrected chi connectivity index (χ3v) is 6.91. The van der Waals surface area contributed by atoms with Gasteiger partial charge in [0.25, 0.3) is 10.0 Å². The molecular formula is C14H22N2O3S2. The van der Waals surface area contributed by atoms with Crippen LogP contribution in [0.25, 0.3) is 0 Å². The van der Waals surface area contributed by atoms with Crippen LogP contribution in [-0.4, -0.2) is 38.3 Å². The lowest BCUT2D eigenvalue weighted by Gasteiger charge is -2.30. The summed E-state index contributed by atoms with van der Waals surface area (Å²) in [5, 5.41) is 4.66. The van der Waals surface area contributed by atoms with Gasteiger partial charge >= 0.3 is 0 Å². The lowest BCUT2D eigenvalue weighted by molar-refractivity contribution is -0.126. The molecule has 2 heterocycles. The molecule has 0 aromatic carbocycles. The number of hydrogen-bond donors (Lipinski definition) is 1. The van der Waals surface area contributed by atoms with E-state index < -0.39 is 10.0 Å². The maximum Gasteiger partial charge on any atom is 0.252 e. The highest BCUT2D eigenvalue weighted by molar-refractivity contribution is 7.91. The molecule has 1 fully saturated rings. The van der Waals surface area contributed by atoms with Gasteiger partial charge in [-0.25, -0.2) is 8.42 Å². The van der Waals surface area contributed by atoms with Crippen LogP contribution in [0.3, 0.4) is 0 Å². The van der Waals surface area contributed by atoms with E-state index in [1.807, 2.05) is 0 Å². The molecule has 0 saturated carbocycles. The average Bonchev–Trinajstić information content (AvgIpc) is 3.02. The SMILES string of the molecule is CCCCNC(=O)[C@@H]1CCCN(S(=O)(=O)c2cccs2)C1. The van der Waals surface area contributed by atoms with Crippen molar-refractivity contribution in [1.82, 2.24) is 9.62 Å². The fraction of sp³-hybridized carbons (Fsp3) is 0.643. The first-order valence-electron chi connectivity index (χ1n) is 7.37. The molecule has 118 valence electrons. The number of hydrogen-bond acceptors (Lipinski definition) is 4. The van der Waals surface area contributed by atoms with E-state index in [2.05, 4.69) is 12.2 Å². The van der Waals surface area contributed by atoms with Gasteiger partial charge in [0.2, 0.25) is 5.91 Å². The van der Waals surface area contributed by atoms with Crippen molar-refractivity contribution in [3.63, 3.8) is 0 Å². The molecule has 0 spiro atoms. The maximum absolute atomic E-state index is 12.5. The second-order valence-electron chi connectivity index (χ2n) is 5.28. The number of carbonyl (C=O) groups is 1. The van der Waals surface area contributed by atoms with Gasteiger partial charge in [0.05, 0.1) is 5.92 Å². The van der Waals surface area contributed by atoms with E-state index >= 15 is 0 Å². The highest BCUT2D eigenvalue weighted by Crippen LogP contribution is 2.26. The Kier molecular flexibility index (Phi) is 5.78. The number of amides is 1. The predicted molar refractivity (Wildman–Crippen MR) is 83.7 cm³/mol. The standard InChI is InChI=1S/C14H22N2O3S2/c1-2-3-8-15-14(17)12-6-4-9-16(11-12)21(18,19)13-7-5-10-20-13/h5,7,10,12H,2-4,6,8-9,11H2,1H3,(H,15,17)/t12-/m1/s1. The third-order valence-electron chi connectivity index (χ3n) is 3.67. The molecule has 2 rings (SSSR count). The molecule has 1 saturated heterocycles. The second-order valence-corrected chi connectivity index (χ2v) is 8.39. The fourth-order valence-electron chi connectivity index (χ4n) is 2.44. The van der Waals surface area contributed by atoms with Crippen molar-refractivity contribution in [3.05, 3.63) is 17.5 Å². The van der Waals surface area contributed by atoms with Crippen LogP contribution < -0.4 is 5.32 Å². The molecule has 0 radical (unpaired) electrons. The zero-order chi connectivity index (χ0) is 15.3. The Balaban J connectivity index is 1.99. The number of thiophene rings is 1. The minimum Gasteiger partial charge on any atom is -0.356 e. The summed E-state index contributed by atoms with van der Waals surface area (Å²) in [6, 6.07) is 3.35. The number of carbonyl (C=O) groups excluding carboxylic acids is 1. The van der Waals surface area contributed by atoms with Gasteiger partial charge in [-0.15, -0.1) is 11.3 Å². The molecular weight excluding hydrogens is 308 g/mol. The molecule has 21 heavy (non-hydrogen) atoms. The van der Waals surface area contributed by atoms with Gasteiger partial charge in [-0.3, -0.25) is 4.79 Å². The molecule has 5 nitrogen and oxygen atoms in total. The normalized spacial score (nSPS) is 20.3. The van der Waals surface area contributed by atoms with Gasteiger partial charge in [-0.05, 0) is 30.7 Å². The summed E-state index contributed by atoms with van der Waals surface area (Å²) >= 11 is 1.22. The number of piperidine rings is 1. The van der Waals surface area contributed by atoms with E-state index in [0.717, 1.165) is 25.7 Å². The highest BCUT2D eigenvalue weighted by atomic mass is 32.2. The van der Waals surface area contributed by atoms with Crippen molar-refractivity contribution in [2.45, 2.75) is 36.8 Å². The van der Waals surface area contributed by atoms with E-state index in [9.17, 15) is 13.2 Å². The number of nitrogens with zero attached hydrogens (tertiary/aromatic N) is 1. The molecule has 1 aliphatic heterocycles. The Morgan fingerprint density at radius 2 is 2.33 bits per heavy atom. The summed E-state index contributed by atoms with van der Waals surface area (Å²) in [7, 11) is -3.44. The zero-order valence-electron chi connectivity index (χ0n) is 12.2. The minimum absolute atomic E-state index is 0.0190. The largest absolute Gasteiger partial charge is 0.356 e. The topological polar surface area (TPSA) is 66.5 Å². The van der Waals surface area contributed by atoms with E-state index in [1.165, 1.54) is 15.6 Å². The van der Waals surface area contributed by atoms with E-state index in [-0.39, 0.29) is 18.4 Å². The summed E-state index contributed by atoms with van der Waals surface area (Å²) in [6.45, 7) is 3.53. The van der Waals surface area contributed by atoms with Gasteiger partial charge in [0.15, 0.2) is 0 Å². The summed E-state index contributed by atoms with van der Waals surface area (Å²) < 4.78 is 26.8. The Morgan fingerprint density at radius 1 is 1.52 bits per heavy atom. The lowest BCUT2D eigenvalue weighted by atomic mass is 9.99. The first-order valence-corrected chi connectivity index (χ1v) is 9.69. The minimum atomic E-state index is -3.44. The number of rotatable bonds is 6. The van der Waals surface area contributed by atoms with Gasteiger partial charge in [0.1, 0.15) is 4.21 Å². The van der Waals surface area contributed by atoms with Crippen LogP contribution in [0.2, 0.25) is 0 Å². The van der Waals surface area contributed by atoms with E-state index in [0.29, 0.717) is 17.3 Å². The summed E-state index contributed by atoms with van der Waals surface area (Å²) in [6.07, 6.45) is 3.48. The van der Waals surface area contributed by atoms with Gasteiger partial charge < -0.3 is 5.32 Å². The second kappa shape index (κ2) is 7.38. The first-order chi connectivity index (χ1) is 10.1. The Labute approximate surface area is 130 Å². The quantitative estimate of drug-likeness (QED) is 0.812. The van der Waals surface area contributed by atoms with E-state index in [4.69, 9.17) is 0 Å². The van der Waals surface area contributed by atoms with Crippen molar-refractivity contribution in [3.8, 4) is 0 Å². The van der Waals surface area contributed by atoms with Crippen LogP contribution in [0.5, 0.6) is 0 Å². The molecule has 1 aromatic rings. The van der Waals surface area contributed by atoms with Crippen molar-refractivity contribution in [1.29, 1.82) is 0 Å². The highest BCUT2D eigenvalue weighted by Gasteiger charge is 2.33. The zero-order valence-corrected chi connectivity index (χ0v) is 13.9. The Bertz CT molecular complexity index is 555.